The molecule has 1 N–H and O–H groups in total. The van der Waals surface area contributed by atoms with E-state index in [1.165, 1.54) is 12.3 Å². The van der Waals surface area contributed by atoms with E-state index in [2.05, 4.69) is 15.0 Å². The Bertz CT molecular complexity index is 577. The molecule has 1 aliphatic heterocycles. The summed E-state index contributed by atoms with van der Waals surface area (Å²) in [7, 11) is 0. The molecule has 1 aliphatic rings. The normalized spacial score (nSPS) is 15.0. The van der Waals surface area contributed by atoms with Crippen LogP contribution in [-0.4, -0.2) is 40.9 Å². The minimum atomic E-state index is -0.554. The van der Waals surface area contributed by atoms with Crippen LogP contribution in [0, 0.1) is 16.0 Å². The molecule has 1 aromatic heterocycles. The molecule has 2 rings (SSSR count). The molecular formula is C16H23N3O5. The number of nitrogens with zero attached hydrogens (tertiary/aromatic N) is 2. The van der Waals surface area contributed by atoms with E-state index in [1.54, 1.807) is 0 Å². The number of nitrogens with one attached hydrogen (secondary N) is 1. The first-order valence-corrected chi connectivity index (χ1v) is 7.71. The van der Waals surface area contributed by atoms with Gasteiger partial charge in [-0.1, -0.05) is 0 Å². The van der Waals surface area contributed by atoms with Crippen LogP contribution in [0.1, 0.15) is 44.0 Å². The Morgan fingerprint density at radius 1 is 1.42 bits per heavy atom. The topological polar surface area (TPSA) is 111 Å². The largest absolute Gasteiger partial charge is 0.462 e. The lowest BCUT2D eigenvalue weighted by molar-refractivity contribution is -0.385. The molecule has 0 atom stereocenters. The van der Waals surface area contributed by atoms with Crippen molar-refractivity contribution in [1.82, 2.24) is 10.3 Å². The predicted molar refractivity (Wildman–Crippen MR) is 87.7 cm³/mol. The maximum atomic E-state index is 12.2. The van der Waals surface area contributed by atoms with Crippen LogP contribution in [0.25, 0.3) is 0 Å². The molecule has 0 amide bonds. The van der Waals surface area contributed by atoms with Crippen LogP contribution in [0.15, 0.2) is 18.5 Å². The van der Waals surface area contributed by atoms with Crippen LogP contribution in [0.3, 0.4) is 0 Å². The molecular weight excluding hydrogens is 314 g/mol. The lowest BCUT2D eigenvalue weighted by Gasteiger charge is -2.21. The maximum absolute atomic E-state index is 12.2. The number of piperidine rings is 1. The van der Waals surface area contributed by atoms with Gasteiger partial charge in [-0.3, -0.25) is 24.7 Å². The SMILES string of the molecule is CC(C)(C)OC=O.O=C(c1ccncc1[N+](=O)[O-])C1CCNCC1. The number of carbonyl (C=O) groups is 2. The molecule has 24 heavy (non-hydrogen) atoms. The summed E-state index contributed by atoms with van der Waals surface area (Å²) in [6.07, 6.45) is 4.02. The number of nitro groups is 1. The van der Waals surface area contributed by atoms with Gasteiger partial charge in [0.05, 0.1) is 10.5 Å². The number of carbonyl (C=O) groups excluding carboxylic acids is 2. The third kappa shape index (κ3) is 6.41. The third-order valence-corrected chi connectivity index (χ3v) is 3.37. The van der Waals surface area contributed by atoms with E-state index < -0.39 is 4.92 Å². The third-order valence-electron chi connectivity index (χ3n) is 3.37. The lowest BCUT2D eigenvalue weighted by atomic mass is 9.89. The van der Waals surface area contributed by atoms with Gasteiger partial charge in [0.25, 0.3) is 12.2 Å². The van der Waals surface area contributed by atoms with Gasteiger partial charge in [0.2, 0.25) is 0 Å². The smallest absolute Gasteiger partial charge is 0.298 e. The molecule has 0 aromatic carbocycles. The van der Waals surface area contributed by atoms with Crippen LogP contribution in [0.2, 0.25) is 0 Å². The van der Waals surface area contributed by atoms with Crippen molar-refractivity contribution in [2.45, 2.75) is 39.2 Å². The van der Waals surface area contributed by atoms with Crippen LogP contribution in [-0.2, 0) is 9.53 Å². The second-order valence-electron chi connectivity index (χ2n) is 6.36. The number of ether oxygens (including phenoxy) is 1. The van der Waals surface area contributed by atoms with Gasteiger partial charge in [-0.2, -0.15) is 0 Å². The first-order valence-electron chi connectivity index (χ1n) is 7.71. The second kappa shape index (κ2) is 9.07. The fourth-order valence-corrected chi connectivity index (χ4v) is 2.19. The van der Waals surface area contributed by atoms with Gasteiger partial charge in [-0.15, -0.1) is 0 Å². The van der Waals surface area contributed by atoms with Gasteiger partial charge in [0.1, 0.15) is 11.8 Å². The fraction of sp³-hybridized carbons (Fsp3) is 0.562. The summed E-state index contributed by atoms with van der Waals surface area (Å²) in [5.74, 6) is -0.252. The van der Waals surface area contributed by atoms with Crippen molar-refractivity contribution in [3.63, 3.8) is 0 Å². The monoisotopic (exact) mass is 337 g/mol. The van der Waals surface area contributed by atoms with Gasteiger partial charge >= 0.3 is 0 Å². The van der Waals surface area contributed by atoms with E-state index in [1.807, 2.05) is 20.8 Å². The van der Waals surface area contributed by atoms with Crippen LogP contribution in [0.4, 0.5) is 5.69 Å². The highest BCUT2D eigenvalue weighted by molar-refractivity contribution is 6.01. The molecule has 132 valence electrons. The van der Waals surface area contributed by atoms with Crippen molar-refractivity contribution < 1.29 is 19.2 Å². The predicted octanol–water partition coefficient (Wildman–Crippen LogP) is 2.13. The van der Waals surface area contributed by atoms with Gasteiger partial charge < -0.3 is 10.1 Å². The van der Waals surface area contributed by atoms with Crippen molar-refractivity contribution in [1.29, 1.82) is 0 Å². The van der Waals surface area contributed by atoms with Crippen molar-refractivity contribution in [2.24, 2.45) is 5.92 Å². The highest BCUT2D eigenvalue weighted by Gasteiger charge is 2.27. The zero-order chi connectivity index (χ0) is 18.2. The molecule has 0 radical (unpaired) electrons. The number of pyridine rings is 1. The first kappa shape index (κ1) is 19.7. The minimum Gasteiger partial charge on any atom is -0.462 e. The van der Waals surface area contributed by atoms with E-state index in [4.69, 9.17) is 0 Å². The van der Waals surface area contributed by atoms with E-state index in [0.29, 0.717) is 6.47 Å². The molecule has 0 unspecified atom stereocenters. The highest BCUT2D eigenvalue weighted by Crippen LogP contribution is 2.24. The van der Waals surface area contributed by atoms with Crippen LogP contribution < -0.4 is 5.32 Å². The standard InChI is InChI=1S/C11H13N3O3.C5H10O2/c15-11(8-1-4-12-5-2-8)9-3-6-13-7-10(9)14(16)17;1-5(2,3)7-4-6/h3,6-8,12H,1-2,4-5H2;4H,1-3H3. The summed E-state index contributed by atoms with van der Waals surface area (Å²) in [6.45, 7) is 7.49. The fourth-order valence-electron chi connectivity index (χ4n) is 2.19. The van der Waals surface area contributed by atoms with Gasteiger partial charge in [-0.05, 0) is 52.8 Å². The summed E-state index contributed by atoms with van der Waals surface area (Å²) in [6, 6.07) is 1.43. The molecule has 0 aliphatic carbocycles. The minimum absolute atomic E-state index is 0.114. The Labute approximate surface area is 140 Å². The Balaban J connectivity index is 0.000000351. The van der Waals surface area contributed by atoms with E-state index in [-0.39, 0.29) is 28.6 Å². The molecule has 1 saturated heterocycles. The van der Waals surface area contributed by atoms with Crippen molar-refractivity contribution in [3.8, 4) is 0 Å². The summed E-state index contributed by atoms with van der Waals surface area (Å²) in [5, 5.41) is 14.0. The van der Waals surface area contributed by atoms with E-state index in [9.17, 15) is 19.7 Å². The number of Topliss-reactive ketones (excluding diaryl/α,β-unsaturated/α-hetero) is 1. The van der Waals surface area contributed by atoms with Crippen LogP contribution in [0.5, 0.6) is 0 Å². The maximum Gasteiger partial charge on any atom is 0.298 e. The average Bonchev–Trinajstić information content (AvgIpc) is 2.54. The molecule has 0 bridgehead atoms. The molecule has 0 saturated carbocycles. The highest BCUT2D eigenvalue weighted by atomic mass is 16.6. The summed E-state index contributed by atoms with van der Waals surface area (Å²) < 4.78 is 4.55. The van der Waals surface area contributed by atoms with E-state index >= 15 is 0 Å². The van der Waals surface area contributed by atoms with Crippen molar-refractivity contribution in [3.05, 3.63) is 34.1 Å². The van der Waals surface area contributed by atoms with Crippen molar-refractivity contribution in [2.75, 3.05) is 13.1 Å². The summed E-state index contributed by atoms with van der Waals surface area (Å²) >= 11 is 0. The second-order valence-corrected chi connectivity index (χ2v) is 6.36. The number of hydrogen-bond donors (Lipinski definition) is 1. The van der Waals surface area contributed by atoms with Gasteiger partial charge in [-0.25, -0.2) is 0 Å². The first-order chi connectivity index (χ1) is 11.3. The van der Waals surface area contributed by atoms with Gasteiger partial charge in [0, 0.05) is 12.1 Å². The lowest BCUT2D eigenvalue weighted by Crippen LogP contribution is -2.32. The molecule has 0 spiro atoms. The number of aromatic nitrogens is 1. The molecule has 1 aromatic rings. The molecule has 2 heterocycles. The molecule has 8 nitrogen and oxygen atoms in total. The zero-order valence-corrected chi connectivity index (χ0v) is 14.2. The number of hydrogen-bond acceptors (Lipinski definition) is 7. The Morgan fingerprint density at radius 2 is 2.04 bits per heavy atom. The Kier molecular flexibility index (Phi) is 7.44. The number of rotatable bonds is 4. The van der Waals surface area contributed by atoms with Crippen LogP contribution >= 0.6 is 0 Å². The van der Waals surface area contributed by atoms with E-state index in [0.717, 1.165) is 32.1 Å². The van der Waals surface area contributed by atoms with Gasteiger partial charge in [0.15, 0.2) is 5.78 Å². The quantitative estimate of drug-likeness (QED) is 0.387. The summed E-state index contributed by atoms with van der Waals surface area (Å²) in [4.78, 5) is 35.7. The molecule has 1 fully saturated rings. The van der Waals surface area contributed by atoms with Crippen molar-refractivity contribution >= 4 is 17.9 Å². The Morgan fingerprint density at radius 3 is 2.50 bits per heavy atom. The number of ketones is 1. The molecule has 8 heteroatoms. The zero-order valence-electron chi connectivity index (χ0n) is 14.2. The Hall–Kier alpha value is -2.35. The summed E-state index contributed by atoms with van der Waals surface area (Å²) in [5.41, 5.74) is -0.338. The average molecular weight is 337 g/mol.